The van der Waals surface area contributed by atoms with Gasteiger partial charge in [-0.25, -0.2) is 0 Å². The molecule has 0 aromatic heterocycles. The van der Waals surface area contributed by atoms with E-state index in [4.69, 9.17) is 0 Å². The largest absolute Gasteiger partial charge is 0.505 e. The summed E-state index contributed by atoms with van der Waals surface area (Å²) in [5, 5.41) is 28.4. The van der Waals surface area contributed by atoms with Gasteiger partial charge in [-0.1, -0.05) is 48.5 Å². The summed E-state index contributed by atoms with van der Waals surface area (Å²) in [5.41, 5.74) is 5.05. The molecule has 0 saturated heterocycles. The number of hydrogen-bond acceptors (Lipinski definition) is 11. The van der Waals surface area contributed by atoms with Crippen LogP contribution in [0, 0.1) is 6.92 Å². The molecule has 0 atom stereocenters. The van der Waals surface area contributed by atoms with Crippen LogP contribution in [0.15, 0.2) is 116 Å². The van der Waals surface area contributed by atoms with Crippen molar-refractivity contribution in [1.29, 1.82) is 0 Å². The molecule has 0 bridgehead atoms. The fourth-order valence-electron chi connectivity index (χ4n) is 4.81. The molecule has 6 aromatic carbocycles. The Balaban J connectivity index is 0.000000196. The first kappa shape index (κ1) is 38.7. The number of benzene rings is 4. The van der Waals surface area contributed by atoms with Crippen LogP contribution in [0.5, 0.6) is 11.5 Å². The zero-order valence-corrected chi connectivity index (χ0v) is 29.7. The zero-order chi connectivity index (χ0) is 39.0. The molecule has 6 rings (SSSR count). The van der Waals surface area contributed by atoms with Gasteiger partial charge < -0.3 is 41.7 Å². The lowest BCUT2D eigenvalue weighted by Crippen LogP contribution is -2.40. The molecule has 0 unspecified atom stereocenters. The second-order valence-corrected chi connectivity index (χ2v) is 12.1. The Bertz CT molecular complexity index is 2390. The van der Waals surface area contributed by atoms with Gasteiger partial charge in [0.25, 0.3) is 22.7 Å². The highest BCUT2D eigenvalue weighted by Gasteiger charge is 2.24. The highest BCUT2D eigenvalue weighted by molar-refractivity contribution is 5.99. The third kappa shape index (κ3) is 8.82. The van der Waals surface area contributed by atoms with Gasteiger partial charge in [0.1, 0.15) is 11.4 Å². The summed E-state index contributed by atoms with van der Waals surface area (Å²) < 4.78 is 0. The lowest BCUT2D eigenvalue weighted by Gasteiger charge is -2.17. The number of aromatic hydroxyl groups is 2. The number of carbonyl (C=O) groups is 2. The van der Waals surface area contributed by atoms with Gasteiger partial charge in [-0.05, 0) is 49.4 Å². The summed E-state index contributed by atoms with van der Waals surface area (Å²) in [6.07, 6.45) is 0. The van der Waals surface area contributed by atoms with E-state index in [9.17, 15) is 39.0 Å². The molecule has 0 aliphatic carbocycles. The van der Waals surface area contributed by atoms with Crippen LogP contribution in [0.3, 0.4) is 0 Å². The number of hydrogen-bond donors (Lipinski definition) is 6. The van der Waals surface area contributed by atoms with E-state index in [1.165, 1.54) is 21.9 Å². The van der Waals surface area contributed by atoms with Crippen molar-refractivity contribution in [2.24, 2.45) is 0 Å². The molecular weight excluding hydrogens is 680 g/mol. The molecule has 0 aliphatic rings. The van der Waals surface area contributed by atoms with E-state index in [1.54, 1.807) is 83.6 Å². The molecule has 0 radical (unpaired) electrons. The van der Waals surface area contributed by atoms with Crippen LogP contribution >= 0.6 is 0 Å². The Kier molecular flexibility index (Phi) is 12.3. The predicted molar refractivity (Wildman–Crippen MR) is 205 cm³/mol. The second kappa shape index (κ2) is 16.8. The third-order valence-electron chi connectivity index (χ3n) is 7.83. The number of quaternary nitrogens is 1. The quantitative estimate of drug-likeness (QED) is 0.0990. The normalized spacial score (nSPS) is 10.3. The van der Waals surface area contributed by atoms with Crippen LogP contribution in [0.25, 0.3) is 0 Å². The van der Waals surface area contributed by atoms with Crippen LogP contribution in [0.4, 0.5) is 39.8 Å². The standard InChI is InChI=1S/C19H17N3O4.C11H9NO2.C9H12N2O2/c1-22(2)19(26)12-9-6-10-13(16(12)23)21-15-14(17(24)18(15)25)20-11-7-4-3-5-8-11;1-7-9(11(14)10(7)13)12-8-5-3-2-4-6-8;1-11(2)9(13)6-4-3-5-7(10)8(6)12/h3-10,20-21,23H,1-2H3;2-6,12H,1H3;3-5,12H,10H2,1-2H3/p+1. The first-order valence-corrected chi connectivity index (χ1v) is 16.1. The summed E-state index contributed by atoms with van der Waals surface area (Å²) in [7, 11) is 6.41. The molecule has 8 N–H and O–H groups in total. The van der Waals surface area contributed by atoms with E-state index < -0.39 is 16.3 Å². The Morgan fingerprint density at radius 1 is 0.528 bits per heavy atom. The van der Waals surface area contributed by atoms with Crippen LogP contribution in [-0.4, -0.2) is 60.0 Å². The Hall–Kier alpha value is -7.06. The topological polar surface area (TPSA) is 213 Å². The van der Waals surface area contributed by atoms with Crippen molar-refractivity contribution >= 4 is 51.6 Å². The minimum Gasteiger partial charge on any atom is -0.505 e. The van der Waals surface area contributed by atoms with Gasteiger partial charge in [-0.3, -0.25) is 28.8 Å². The summed E-state index contributed by atoms with van der Waals surface area (Å²) in [6.45, 7) is 1.65. The van der Waals surface area contributed by atoms with E-state index in [0.29, 0.717) is 22.6 Å². The summed E-state index contributed by atoms with van der Waals surface area (Å²) in [4.78, 5) is 72.1. The molecule has 0 fully saturated rings. The first-order valence-electron chi connectivity index (χ1n) is 16.1. The molecule has 0 spiro atoms. The minimum absolute atomic E-state index is 0.0406. The third-order valence-corrected chi connectivity index (χ3v) is 7.83. The maximum atomic E-state index is 12.1. The first-order chi connectivity index (χ1) is 25.1. The molecule has 0 aliphatic heterocycles. The number of phenolic OH excluding ortho intramolecular Hbond substituents is 2. The van der Waals surface area contributed by atoms with Crippen molar-refractivity contribution in [2.75, 3.05) is 44.1 Å². The maximum absolute atomic E-state index is 12.1. The lowest BCUT2D eigenvalue weighted by molar-refractivity contribution is -0.256. The van der Waals surface area contributed by atoms with Crippen molar-refractivity contribution in [1.82, 2.24) is 9.80 Å². The monoisotopic (exact) mass is 719 g/mol. The summed E-state index contributed by atoms with van der Waals surface area (Å²) >= 11 is 0. The molecule has 0 heterocycles. The number of carbonyl (C=O) groups excluding carboxylic acids is 2. The fourth-order valence-corrected chi connectivity index (χ4v) is 4.81. The number of nitrogens with one attached hydrogen (secondary N) is 3. The van der Waals surface area contributed by atoms with Gasteiger partial charge in [-0.15, -0.1) is 0 Å². The highest BCUT2D eigenvalue weighted by atomic mass is 16.3. The van der Waals surface area contributed by atoms with Crippen LogP contribution < -0.4 is 43.4 Å². The van der Waals surface area contributed by atoms with Crippen LogP contribution in [0.1, 0.15) is 26.3 Å². The average Bonchev–Trinajstić information content (AvgIpc) is 3.17. The second-order valence-electron chi connectivity index (χ2n) is 12.1. The van der Waals surface area contributed by atoms with Crippen LogP contribution in [-0.2, 0) is 0 Å². The molecular formula is C39H39N6O8+. The molecule has 53 heavy (non-hydrogen) atoms. The van der Waals surface area contributed by atoms with Crippen molar-refractivity contribution in [3.8, 4) is 11.5 Å². The van der Waals surface area contributed by atoms with E-state index in [-0.39, 0.29) is 56.9 Å². The van der Waals surface area contributed by atoms with Gasteiger partial charge in [0.2, 0.25) is 10.9 Å². The Morgan fingerprint density at radius 2 is 0.943 bits per heavy atom. The smallest absolute Gasteiger partial charge is 0.257 e. The molecule has 2 amide bonds. The number of para-hydroxylation sites is 4. The SMILES string of the molecule is CN(C)C(=O)c1cccc(Nc2c(Nc3ccccc3)c(=O)c2=O)c1O.CN(C)C(=O)c1cccc([NH3+])c1O.Cc1c(Nc2ccccc2)c(=O)c1=O. The average molecular weight is 720 g/mol. The van der Waals surface area contributed by atoms with E-state index in [2.05, 4.69) is 21.7 Å². The van der Waals surface area contributed by atoms with Gasteiger partial charge in [0.05, 0.1) is 22.5 Å². The van der Waals surface area contributed by atoms with Crippen molar-refractivity contribution < 1.29 is 25.5 Å². The maximum Gasteiger partial charge on any atom is 0.257 e. The molecule has 0 saturated carbocycles. The van der Waals surface area contributed by atoms with Gasteiger partial charge in [0, 0.05) is 51.2 Å². The number of amides is 2. The highest BCUT2D eigenvalue weighted by Crippen LogP contribution is 2.32. The van der Waals surface area contributed by atoms with E-state index in [0.717, 1.165) is 5.69 Å². The predicted octanol–water partition coefficient (Wildman–Crippen LogP) is 3.48. The number of phenols is 2. The van der Waals surface area contributed by atoms with E-state index >= 15 is 0 Å². The van der Waals surface area contributed by atoms with E-state index in [1.807, 2.05) is 36.4 Å². The van der Waals surface area contributed by atoms with Gasteiger partial charge >= 0.3 is 0 Å². The Morgan fingerprint density at radius 3 is 1.42 bits per heavy atom. The van der Waals surface area contributed by atoms with Gasteiger partial charge in [-0.2, -0.15) is 0 Å². The van der Waals surface area contributed by atoms with Crippen molar-refractivity contribution in [2.45, 2.75) is 6.92 Å². The molecule has 14 nitrogen and oxygen atoms in total. The van der Waals surface area contributed by atoms with Crippen molar-refractivity contribution in [3.63, 3.8) is 0 Å². The summed E-state index contributed by atoms with van der Waals surface area (Å²) in [6, 6.07) is 27.7. The Labute approximate surface area is 303 Å². The zero-order valence-electron chi connectivity index (χ0n) is 29.7. The fraction of sp³-hybridized carbons (Fsp3) is 0.128. The summed E-state index contributed by atoms with van der Waals surface area (Å²) in [5.74, 6) is -0.923. The lowest BCUT2D eigenvalue weighted by atomic mass is 10.1. The molecule has 272 valence electrons. The molecule has 6 aromatic rings. The number of anilines is 6. The molecule has 14 heteroatoms. The van der Waals surface area contributed by atoms with Crippen LogP contribution in [0.2, 0.25) is 0 Å². The minimum atomic E-state index is -0.688. The number of nitrogens with zero attached hydrogens (tertiary/aromatic N) is 2. The number of rotatable bonds is 8. The van der Waals surface area contributed by atoms with Crippen molar-refractivity contribution in [3.05, 3.63) is 155 Å². The van der Waals surface area contributed by atoms with Gasteiger partial charge in [0.15, 0.2) is 17.2 Å².